The van der Waals surface area contributed by atoms with Crippen LogP contribution in [0.3, 0.4) is 0 Å². The number of β-amino-alcohol motifs (C(OH)–C–C–N with tert-alkyl or cyclic N) is 1. The first kappa shape index (κ1) is 13.2. The van der Waals surface area contributed by atoms with E-state index in [1.54, 1.807) is 24.3 Å². The Morgan fingerprint density at radius 3 is 2.50 bits per heavy atom. The highest BCUT2D eigenvalue weighted by Crippen LogP contribution is 2.16. The number of hydrogen-bond acceptors (Lipinski definition) is 4. The highest BCUT2D eigenvalue weighted by atomic mass is 32.2. The Balaban J connectivity index is 1.92. The number of hydrogen-bond donors (Lipinski definition) is 1. The van der Waals surface area contributed by atoms with E-state index in [9.17, 15) is 9.32 Å². The van der Waals surface area contributed by atoms with Crippen molar-refractivity contribution in [3.8, 4) is 6.07 Å². The highest BCUT2D eigenvalue weighted by Gasteiger charge is 2.18. The van der Waals surface area contributed by atoms with Gasteiger partial charge in [-0.15, -0.1) is 0 Å². The van der Waals surface area contributed by atoms with E-state index in [0.29, 0.717) is 23.6 Å². The first-order chi connectivity index (χ1) is 8.69. The minimum Gasteiger partial charge on any atom is -0.387 e. The molecule has 1 aromatic carbocycles. The van der Waals surface area contributed by atoms with Crippen LogP contribution in [0.5, 0.6) is 0 Å². The van der Waals surface area contributed by atoms with Crippen LogP contribution in [0.2, 0.25) is 0 Å². The van der Waals surface area contributed by atoms with Crippen molar-refractivity contribution in [1.29, 1.82) is 5.26 Å². The average Bonchev–Trinajstić information content (AvgIpc) is 2.41. The van der Waals surface area contributed by atoms with E-state index >= 15 is 0 Å². The van der Waals surface area contributed by atoms with Crippen LogP contribution in [0.4, 0.5) is 0 Å². The van der Waals surface area contributed by atoms with Gasteiger partial charge in [-0.25, -0.2) is 0 Å². The van der Waals surface area contributed by atoms with Gasteiger partial charge >= 0.3 is 0 Å². The molecule has 4 nitrogen and oxygen atoms in total. The standard InChI is InChI=1S/C13H16N2O2S/c14-9-11-1-3-12(4-2-11)13(16)10-15-5-7-18(17)8-6-15/h1-4,13,16H,5-8,10H2. The van der Waals surface area contributed by atoms with Gasteiger partial charge in [0.2, 0.25) is 0 Å². The fraction of sp³-hybridized carbons (Fsp3) is 0.462. The molecule has 0 aromatic heterocycles. The average molecular weight is 264 g/mol. The Labute approximate surface area is 109 Å². The van der Waals surface area contributed by atoms with E-state index in [-0.39, 0.29) is 0 Å². The Kier molecular flexibility index (Phi) is 4.48. The molecule has 0 aliphatic carbocycles. The van der Waals surface area contributed by atoms with Crippen LogP contribution in [0, 0.1) is 11.3 Å². The quantitative estimate of drug-likeness (QED) is 0.871. The summed E-state index contributed by atoms with van der Waals surface area (Å²) >= 11 is 0. The van der Waals surface area contributed by atoms with Crippen LogP contribution in [-0.2, 0) is 10.8 Å². The molecular weight excluding hydrogens is 248 g/mol. The first-order valence-electron chi connectivity index (χ1n) is 5.94. The van der Waals surface area contributed by atoms with Crippen LogP contribution in [0.25, 0.3) is 0 Å². The van der Waals surface area contributed by atoms with E-state index in [4.69, 9.17) is 5.26 Å². The summed E-state index contributed by atoms with van der Waals surface area (Å²) in [6, 6.07) is 9.04. The molecule has 5 heteroatoms. The van der Waals surface area contributed by atoms with Crippen molar-refractivity contribution in [2.75, 3.05) is 31.1 Å². The van der Waals surface area contributed by atoms with Crippen LogP contribution >= 0.6 is 0 Å². The molecule has 1 aromatic rings. The summed E-state index contributed by atoms with van der Waals surface area (Å²) in [4.78, 5) is 2.13. The monoisotopic (exact) mass is 264 g/mol. The zero-order valence-electron chi connectivity index (χ0n) is 10.1. The van der Waals surface area contributed by atoms with Gasteiger partial charge in [0.15, 0.2) is 0 Å². The summed E-state index contributed by atoms with van der Waals surface area (Å²) in [5, 5.41) is 18.8. The third-order valence-corrected chi connectivity index (χ3v) is 4.40. The normalized spacial score (nSPS) is 19.3. The summed E-state index contributed by atoms with van der Waals surface area (Å²) in [5.74, 6) is 1.39. The van der Waals surface area contributed by atoms with Gasteiger partial charge in [-0.05, 0) is 17.7 Å². The second-order valence-electron chi connectivity index (χ2n) is 4.40. The molecule has 18 heavy (non-hydrogen) atoms. The Hall–Kier alpha value is -1.22. The predicted molar refractivity (Wildman–Crippen MR) is 70.4 cm³/mol. The summed E-state index contributed by atoms with van der Waals surface area (Å²) in [6.07, 6.45) is -0.552. The number of aliphatic hydroxyl groups is 1. The van der Waals surface area contributed by atoms with E-state index < -0.39 is 16.9 Å². The largest absolute Gasteiger partial charge is 0.387 e. The third kappa shape index (κ3) is 3.39. The number of nitrogens with zero attached hydrogens (tertiary/aromatic N) is 2. The molecule has 1 saturated heterocycles. The van der Waals surface area contributed by atoms with Gasteiger partial charge in [-0.2, -0.15) is 5.26 Å². The molecule has 1 heterocycles. The lowest BCUT2D eigenvalue weighted by atomic mass is 10.1. The molecule has 96 valence electrons. The molecule has 2 rings (SSSR count). The Bertz CT molecular complexity index is 457. The van der Waals surface area contributed by atoms with Crippen molar-refractivity contribution >= 4 is 10.8 Å². The van der Waals surface area contributed by atoms with Gasteiger partial charge < -0.3 is 5.11 Å². The summed E-state index contributed by atoms with van der Waals surface area (Å²) < 4.78 is 11.2. The molecule has 0 bridgehead atoms. The van der Waals surface area contributed by atoms with Gasteiger partial charge in [0.25, 0.3) is 0 Å². The van der Waals surface area contributed by atoms with Gasteiger partial charge in [0.1, 0.15) is 0 Å². The van der Waals surface area contributed by atoms with Crippen molar-refractivity contribution in [3.63, 3.8) is 0 Å². The van der Waals surface area contributed by atoms with E-state index in [2.05, 4.69) is 11.0 Å². The van der Waals surface area contributed by atoms with Crippen molar-refractivity contribution in [2.24, 2.45) is 0 Å². The lowest BCUT2D eigenvalue weighted by Crippen LogP contribution is -2.40. The van der Waals surface area contributed by atoms with Crippen LogP contribution in [-0.4, -0.2) is 45.4 Å². The topological polar surface area (TPSA) is 64.3 Å². The third-order valence-electron chi connectivity index (χ3n) is 3.13. The molecule has 0 radical (unpaired) electrons. The summed E-state index contributed by atoms with van der Waals surface area (Å²) in [6.45, 7) is 2.11. The lowest BCUT2D eigenvalue weighted by molar-refractivity contribution is 0.118. The minimum absolute atomic E-state index is 0.552. The zero-order chi connectivity index (χ0) is 13.0. The highest BCUT2D eigenvalue weighted by molar-refractivity contribution is 7.85. The molecule has 1 unspecified atom stereocenters. The summed E-state index contributed by atoms with van der Waals surface area (Å²) in [5.41, 5.74) is 1.42. The van der Waals surface area contributed by atoms with Crippen molar-refractivity contribution < 1.29 is 9.32 Å². The molecule has 0 spiro atoms. The number of rotatable bonds is 3. The minimum atomic E-state index is -0.684. The number of benzene rings is 1. The van der Waals surface area contributed by atoms with Gasteiger partial charge in [0.05, 0.1) is 17.7 Å². The smallest absolute Gasteiger partial charge is 0.0991 e. The Morgan fingerprint density at radius 2 is 1.94 bits per heavy atom. The maximum atomic E-state index is 11.2. The molecule has 1 atom stereocenters. The number of nitriles is 1. The second kappa shape index (κ2) is 6.10. The second-order valence-corrected chi connectivity index (χ2v) is 6.09. The predicted octanol–water partition coefficient (Wildman–Crippen LogP) is 0.656. The SMILES string of the molecule is N#Cc1ccc(C(O)CN2CCS(=O)CC2)cc1. The van der Waals surface area contributed by atoms with Gasteiger partial charge in [0, 0.05) is 41.9 Å². The van der Waals surface area contributed by atoms with Crippen LogP contribution in [0.15, 0.2) is 24.3 Å². The Morgan fingerprint density at radius 1 is 1.33 bits per heavy atom. The van der Waals surface area contributed by atoms with E-state index in [1.165, 1.54) is 0 Å². The summed E-state index contributed by atoms with van der Waals surface area (Å²) in [7, 11) is -0.684. The van der Waals surface area contributed by atoms with Crippen molar-refractivity contribution in [3.05, 3.63) is 35.4 Å². The fourth-order valence-corrected chi connectivity index (χ4v) is 3.12. The lowest BCUT2D eigenvalue weighted by Gasteiger charge is -2.28. The maximum Gasteiger partial charge on any atom is 0.0991 e. The molecule has 1 N–H and O–H groups in total. The molecule has 1 aliphatic heterocycles. The first-order valence-corrected chi connectivity index (χ1v) is 7.43. The van der Waals surface area contributed by atoms with E-state index in [0.717, 1.165) is 18.7 Å². The van der Waals surface area contributed by atoms with Gasteiger partial charge in [-0.3, -0.25) is 9.11 Å². The maximum absolute atomic E-state index is 11.2. The van der Waals surface area contributed by atoms with Gasteiger partial charge in [-0.1, -0.05) is 12.1 Å². The fourth-order valence-electron chi connectivity index (χ4n) is 1.99. The van der Waals surface area contributed by atoms with E-state index in [1.807, 2.05) is 0 Å². The molecular formula is C13H16N2O2S. The van der Waals surface area contributed by atoms with Crippen LogP contribution in [0.1, 0.15) is 17.2 Å². The molecule has 0 saturated carbocycles. The molecule has 1 aliphatic rings. The zero-order valence-corrected chi connectivity index (χ0v) is 10.9. The molecule has 1 fully saturated rings. The molecule has 0 amide bonds. The van der Waals surface area contributed by atoms with Crippen molar-refractivity contribution in [2.45, 2.75) is 6.10 Å². The van der Waals surface area contributed by atoms with Crippen LogP contribution < -0.4 is 0 Å². The van der Waals surface area contributed by atoms with Crippen molar-refractivity contribution in [1.82, 2.24) is 4.90 Å². The number of aliphatic hydroxyl groups excluding tert-OH is 1.